The Hall–Kier alpha value is -4.53. The number of rotatable bonds is 9. The molecule has 1 unspecified atom stereocenters. The maximum atomic E-state index is 14.7. The number of alkyl halides is 3. The maximum absolute atomic E-state index is 14.7. The van der Waals surface area contributed by atoms with Crippen LogP contribution in [0.15, 0.2) is 15.5 Å². The van der Waals surface area contributed by atoms with Crippen LogP contribution >= 0.6 is 0 Å². The van der Waals surface area contributed by atoms with Crippen molar-refractivity contribution in [1.82, 2.24) is 45.0 Å². The van der Waals surface area contributed by atoms with Gasteiger partial charge < -0.3 is 14.5 Å². The van der Waals surface area contributed by atoms with Crippen LogP contribution in [-0.2, 0) is 76.2 Å². The fourth-order valence-electron chi connectivity index (χ4n) is 6.82. The van der Waals surface area contributed by atoms with Crippen molar-refractivity contribution in [2.24, 2.45) is 36.6 Å². The van der Waals surface area contributed by atoms with Gasteiger partial charge in [0.2, 0.25) is 19.7 Å². The highest BCUT2D eigenvalue weighted by atomic mass is 32.2. The zero-order valence-electron chi connectivity index (χ0n) is 36.3. The lowest BCUT2D eigenvalue weighted by Crippen LogP contribution is -2.35. The van der Waals surface area contributed by atoms with E-state index in [1.54, 1.807) is 41.8 Å². The third-order valence-corrected chi connectivity index (χ3v) is 15.5. The van der Waals surface area contributed by atoms with Gasteiger partial charge in [-0.05, 0) is 80.1 Å². The van der Waals surface area contributed by atoms with Gasteiger partial charge in [0.1, 0.15) is 33.9 Å². The van der Waals surface area contributed by atoms with Crippen molar-refractivity contribution in [1.29, 1.82) is 0 Å². The van der Waals surface area contributed by atoms with Gasteiger partial charge in [0.25, 0.3) is 15.3 Å². The molecule has 0 aromatic carbocycles. The normalized spacial score (nSPS) is 22.0. The SMILES string of the molecule is Cn1nc(C2CC2)c(C(F)(F)S(=O)(=O)C2=NOC(C)(C)C2)n1.Cn1nc(C2CC2)c(C(F)S(=O)(=O)C2=NOC(C)(C)C2)n1.Cn1nc(CS(=O)(=O)C2=NOC(C)(C)C2)c(C2CC2)n1. The van der Waals surface area contributed by atoms with Crippen molar-refractivity contribution in [3.8, 4) is 0 Å². The van der Waals surface area contributed by atoms with Gasteiger partial charge in [-0.15, -0.1) is 0 Å². The van der Waals surface area contributed by atoms with Crippen LogP contribution in [0.5, 0.6) is 0 Å². The minimum absolute atomic E-state index is 0.0504. The number of aryl methyl sites for hydroxylation is 3. The summed E-state index contributed by atoms with van der Waals surface area (Å²) >= 11 is 0. The Kier molecular flexibility index (Phi) is 11.7. The average molecular weight is 949 g/mol. The van der Waals surface area contributed by atoms with Crippen LogP contribution in [0.1, 0.15) is 157 Å². The van der Waals surface area contributed by atoms with Gasteiger partial charge in [0, 0.05) is 58.2 Å². The Bertz CT molecular complexity index is 2710. The average Bonchev–Trinajstić information content (AvgIpc) is 4.14. The summed E-state index contributed by atoms with van der Waals surface area (Å²) in [7, 11) is -8.08. The monoisotopic (exact) mass is 948 g/mol. The van der Waals surface area contributed by atoms with Crippen molar-refractivity contribution in [2.75, 3.05) is 0 Å². The Labute approximate surface area is 362 Å². The van der Waals surface area contributed by atoms with Gasteiger partial charge in [0.15, 0.2) is 20.8 Å². The Morgan fingerprint density at radius 3 is 1.51 bits per heavy atom. The van der Waals surface area contributed by atoms with Crippen molar-refractivity contribution in [2.45, 2.75) is 150 Å². The lowest BCUT2D eigenvalue weighted by Gasteiger charge is -2.16. The van der Waals surface area contributed by atoms with Crippen molar-refractivity contribution in [3.63, 3.8) is 0 Å². The molecule has 0 radical (unpaired) electrons. The number of halogens is 3. The molecule has 3 aliphatic carbocycles. The molecule has 1 atom stereocenters. The molecule has 348 valence electrons. The molecule has 0 saturated heterocycles. The number of oxime groups is 3. The van der Waals surface area contributed by atoms with Gasteiger partial charge in [-0.25, -0.2) is 29.6 Å². The third-order valence-electron chi connectivity index (χ3n) is 10.6. The Balaban J connectivity index is 0.000000142. The van der Waals surface area contributed by atoms with E-state index >= 15 is 0 Å². The molecule has 0 bridgehead atoms. The predicted octanol–water partition coefficient (Wildman–Crippen LogP) is 4.38. The first-order valence-electron chi connectivity index (χ1n) is 20.2. The van der Waals surface area contributed by atoms with E-state index in [-0.39, 0.29) is 51.9 Å². The van der Waals surface area contributed by atoms with Crippen molar-refractivity contribution >= 4 is 44.6 Å². The van der Waals surface area contributed by atoms with E-state index in [9.17, 15) is 38.4 Å². The second-order valence-electron chi connectivity index (χ2n) is 18.4. The van der Waals surface area contributed by atoms with Gasteiger partial charge in [-0.2, -0.15) is 53.8 Å². The minimum Gasteiger partial charge on any atom is -0.389 e. The molecule has 3 aliphatic heterocycles. The van der Waals surface area contributed by atoms with E-state index in [0.29, 0.717) is 36.6 Å². The summed E-state index contributed by atoms with van der Waals surface area (Å²) < 4.78 is 118. The highest BCUT2D eigenvalue weighted by Gasteiger charge is 2.57. The molecule has 3 aromatic rings. The summed E-state index contributed by atoms with van der Waals surface area (Å²) in [6.07, 6.45) is 5.45. The second-order valence-corrected chi connectivity index (χ2v) is 24.4. The Morgan fingerprint density at radius 2 is 1.02 bits per heavy atom. The molecular formula is C36H51F3N12O9S3. The highest BCUT2D eigenvalue weighted by Crippen LogP contribution is 2.47. The van der Waals surface area contributed by atoms with Gasteiger partial charge in [0.05, 0.1) is 17.1 Å². The summed E-state index contributed by atoms with van der Waals surface area (Å²) in [5, 5.41) is 29.6. The van der Waals surface area contributed by atoms with Crippen LogP contribution < -0.4 is 0 Å². The molecular weight excluding hydrogens is 898 g/mol. The van der Waals surface area contributed by atoms with Gasteiger partial charge in [-0.1, -0.05) is 15.5 Å². The van der Waals surface area contributed by atoms with E-state index in [1.165, 1.54) is 16.6 Å². The molecule has 63 heavy (non-hydrogen) atoms. The first kappa shape index (κ1) is 46.5. The summed E-state index contributed by atoms with van der Waals surface area (Å²) in [5.41, 5.74) is -3.52. The van der Waals surface area contributed by atoms with Crippen molar-refractivity contribution in [3.05, 3.63) is 34.2 Å². The van der Waals surface area contributed by atoms with E-state index in [0.717, 1.165) is 36.2 Å². The minimum atomic E-state index is -5.00. The van der Waals surface area contributed by atoms with E-state index in [2.05, 4.69) is 46.1 Å². The molecule has 0 N–H and O–H groups in total. The van der Waals surface area contributed by atoms with Crippen LogP contribution in [0.25, 0.3) is 0 Å². The highest BCUT2D eigenvalue weighted by molar-refractivity contribution is 8.07. The number of sulfone groups is 3. The first-order valence-corrected chi connectivity index (χ1v) is 24.9. The zero-order valence-corrected chi connectivity index (χ0v) is 38.7. The third kappa shape index (κ3) is 9.93. The molecule has 0 amide bonds. The molecule has 27 heteroatoms. The predicted molar refractivity (Wildman–Crippen MR) is 219 cm³/mol. The fraction of sp³-hybridized carbons (Fsp3) is 0.750. The van der Waals surface area contributed by atoms with Crippen LogP contribution in [0.3, 0.4) is 0 Å². The molecule has 9 rings (SSSR count). The second kappa shape index (κ2) is 15.9. The first-order chi connectivity index (χ1) is 29.0. The molecule has 3 fully saturated rings. The zero-order chi connectivity index (χ0) is 46.3. The van der Waals surface area contributed by atoms with Crippen LogP contribution in [0, 0.1) is 0 Å². The van der Waals surface area contributed by atoms with Gasteiger partial charge in [-0.3, -0.25) is 0 Å². The number of aromatic nitrogens is 9. The Morgan fingerprint density at radius 1 is 0.603 bits per heavy atom. The van der Waals surface area contributed by atoms with Crippen molar-refractivity contribution < 1.29 is 52.9 Å². The topological polar surface area (TPSA) is 259 Å². The maximum Gasteiger partial charge on any atom is 0.396 e. The number of hydrogen-bond donors (Lipinski definition) is 0. The lowest BCUT2D eigenvalue weighted by atomic mass is 10.1. The molecule has 0 spiro atoms. The van der Waals surface area contributed by atoms with Crippen LogP contribution in [-0.4, -0.2) is 102 Å². The summed E-state index contributed by atoms with van der Waals surface area (Å²) in [5.74, 6) is 0.181. The lowest BCUT2D eigenvalue weighted by molar-refractivity contribution is 0.0120. The standard InChI is InChI=1S/C12H16F2N4O3S.C12H17FN4O3S.C12H18N4O3S/c1-11(2)6-8(17-21-11)22(19,20)12(13,14)10-9(7-4-5-7)15-18(3)16-10;1-12(2)6-8(16-20-12)21(18,19)11(13)10-9(7-4-5-7)14-17(3)15-10;1-12(2)6-10(15-19-12)20(17,18)7-9-11(8-4-5-8)14-16(3)13-9/h7H,4-6H2,1-3H3;7,11H,4-6H2,1-3H3;8H,4-7H2,1-3H3. The molecule has 3 saturated carbocycles. The smallest absolute Gasteiger partial charge is 0.389 e. The molecule has 21 nitrogen and oxygen atoms in total. The number of hydrogen-bond acceptors (Lipinski definition) is 18. The van der Waals surface area contributed by atoms with E-state index in [1.807, 2.05) is 13.8 Å². The van der Waals surface area contributed by atoms with E-state index < -0.39 is 67.8 Å². The van der Waals surface area contributed by atoms with Crippen LogP contribution in [0.2, 0.25) is 0 Å². The van der Waals surface area contributed by atoms with Crippen LogP contribution in [0.4, 0.5) is 13.2 Å². The van der Waals surface area contributed by atoms with E-state index in [4.69, 9.17) is 14.5 Å². The molecule has 6 aliphatic rings. The molecule has 3 aromatic heterocycles. The summed E-state index contributed by atoms with van der Waals surface area (Å²) in [6, 6.07) is 0. The summed E-state index contributed by atoms with van der Waals surface area (Å²) in [6.45, 7) is 10.2. The quantitative estimate of drug-likeness (QED) is 0.288. The number of nitrogens with zero attached hydrogens (tertiary/aromatic N) is 12. The summed E-state index contributed by atoms with van der Waals surface area (Å²) in [4.78, 5) is 18.7. The molecule has 6 heterocycles. The van der Waals surface area contributed by atoms with Gasteiger partial charge >= 0.3 is 5.25 Å². The fourth-order valence-corrected chi connectivity index (χ4v) is 11.0. The largest absolute Gasteiger partial charge is 0.396 e.